The monoisotopic (exact) mass is 339 g/mol. The molecule has 2 nitrogen and oxygen atoms in total. The van der Waals surface area contributed by atoms with E-state index in [0.717, 1.165) is 31.6 Å². The first kappa shape index (κ1) is 25.6. The molecule has 0 spiro atoms. The minimum absolute atomic E-state index is 0. The molecule has 0 saturated carbocycles. The molecule has 0 saturated heterocycles. The molecular formula is C19H37FNaO2. The summed E-state index contributed by atoms with van der Waals surface area (Å²) in [5.41, 5.74) is 0. The third-order valence-corrected chi connectivity index (χ3v) is 4.42. The molecule has 0 aliphatic carbocycles. The van der Waals surface area contributed by atoms with Gasteiger partial charge in [-0.1, -0.05) is 84.0 Å². The van der Waals surface area contributed by atoms with Crippen molar-refractivity contribution in [1.29, 1.82) is 0 Å². The van der Waals surface area contributed by atoms with Crippen molar-refractivity contribution in [2.75, 3.05) is 6.67 Å². The number of carbonyl (C=O) groups is 1. The zero-order chi connectivity index (χ0) is 16.5. The van der Waals surface area contributed by atoms with Crippen LogP contribution in [-0.4, -0.2) is 47.3 Å². The SMILES string of the molecule is CC(CCCCCCCCF)CCCCCCCCC(=O)O.[Na]. The maximum Gasteiger partial charge on any atom is 0.303 e. The Hall–Kier alpha value is 0.400. The fourth-order valence-corrected chi connectivity index (χ4v) is 2.91. The minimum atomic E-state index is -0.670. The van der Waals surface area contributed by atoms with Gasteiger partial charge in [-0.15, -0.1) is 0 Å². The molecule has 0 aliphatic heterocycles. The number of unbranched alkanes of at least 4 members (excludes halogenated alkanes) is 10. The molecule has 0 aromatic carbocycles. The van der Waals surface area contributed by atoms with Gasteiger partial charge in [-0.25, -0.2) is 0 Å². The predicted octanol–water partition coefficient (Wildman–Crippen LogP) is 6.15. The zero-order valence-corrected chi connectivity index (χ0v) is 17.6. The first-order valence-corrected chi connectivity index (χ1v) is 9.44. The topological polar surface area (TPSA) is 37.3 Å². The van der Waals surface area contributed by atoms with Crippen molar-refractivity contribution in [3.63, 3.8) is 0 Å². The van der Waals surface area contributed by atoms with Crippen LogP contribution in [0.1, 0.15) is 103 Å². The maximum absolute atomic E-state index is 11.9. The van der Waals surface area contributed by atoms with E-state index in [1.54, 1.807) is 0 Å². The molecule has 23 heavy (non-hydrogen) atoms. The van der Waals surface area contributed by atoms with Crippen molar-refractivity contribution in [2.45, 2.75) is 103 Å². The molecule has 0 fully saturated rings. The molecule has 1 atom stereocenters. The summed E-state index contributed by atoms with van der Waals surface area (Å²) in [7, 11) is 0. The summed E-state index contributed by atoms with van der Waals surface area (Å²) in [6, 6.07) is 0. The van der Waals surface area contributed by atoms with Gasteiger partial charge in [-0.05, 0) is 18.8 Å². The summed E-state index contributed by atoms with van der Waals surface area (Å²) in [5.74, 6) is 0.161. The van der Waals surface area contributed by atoms with Gasteiger partial charge in [-0.3, -0.25) is 9.18 Å². The van der Waals surface area contributed by atoms with Crippen LogP contribution in [0.4, 0.5) is 4.39 Å². The van der Waals surface area contributed by atoms with Gasteiger partial charge in [0, 0.05) is 36.0 Å². The van der Waals surface area contributed by atoms with Gasteiger partial charge in [0.15, 0.2) is 0 Å². The Morgan fingerprint density at radius 1 is 0.783 bits per heavy atom. The Balaban J connectivity index is 0. The van der Waals surface area contributed by atoms with Crippen LogP contribution in [0.15, 0.2) is 0 Å². The Labute approximate surface area is 165 Å². The van der Waals surface area contributed by atoms with Gasteiger partial charge in [-0.2, -0.15) is 0 Å². The predicted molar refractivity (Wildman–Crippen MR) is 97.8 cm³/mol. The van der Waals surface area contributed by atoms with Gasteiger partial charge < -0.3 is 5.11 Å². The number of hydrogen-bond donors (Lipinski definition) is 1. The van der Waals surface area contributed by atoms with Crippen LogP contribution in [-0.2, 0) is 4.79 Å². The second-order valence-electron chi connectivity index (χ2n) is 6.76. The smallest absolute Gasteiger partial charge is 0.303 e. The number of alkyl halides is 1. The van der Waals surface area contributed by atoms with E-state index < -0.39 is 5.97 Å². The average molecular weight is 339 g/mol. The second kappa shape index (κ2) is 20.4. The maximum atomic E-state index is 11.9. The Morgan fingerprint density at radius 2 is 1.17 bits per heavy atom. The number of rotatable bonds is 17. The van der Waals surface area contributed by atoms with Gasteiger partial charge in [0.05, 0.1) is 6.67 Å². The normalized spacial score (nSPS) is 11.9. The molecule has 0 amide bonds. The summed E-state index contributed by atoms with van der Waals surface area (Å²) in [6.07, 6.45) is 16.8. The van der Waals surface area contributed by atoms with E-state index in [2.05, 4.69) is 6.92 Å². The molecule has 1 N–H and O–H groups in total. The largest absolute Gasteiger partial charge is 0.481 e. The average Bonchev–Trinajstić information content (AvgIpc) is 2.48. The summed E-state index contributed by atoms with van der Waals surface area (Å²) in [5, 5.41) is 8.54. The fourth-order valence-electron chi connectivity index (χ4n) is 2.91. The number of hydrogen-bond acceptors (Lipinski definition) is 1. The first-order chi connectivity index (χ1) is 10.7. The summed E-state index contributed by atoms with van der Waals surface area (Å²) in [4.78, 5) is 10.4. The van der Waals surface area contributed by atoms with Gasteiger partial charge in [0.25, 0.3) is 0 Å². The first-order valence-electron chi connectivity index (χ1n) is 9.44. The van der Waals surface area contributed by atoms with E-state index >= 15 is 0 Å². The van der Waals surface area contributed by atoms with E-state index in [4.69, 9.17) is 5.11 Å². The van der Waals surface area contributed by atoms with Gasteiger partial charge in [0.2, 0.25) is 0 Å². The number of aliphatic carboxylic acids is 1. The van der Waals surface area contributed by atoms with Crippen LogP contribution in [0.25, 0.3) is 0 Å². The molecule has 0 bridgehead atoms. The van der Waals surface area contributed by atoms with Crippen molar-refractivity contribution in [3.05, 3.63) is 0 Å². The minimum Gasteiger partial charge on any atom is -0.481 e. The van der Waals surface area contributed by atoms with Crippen molar-refractivity contribution in [3.8, 4) is 0 Å². The van der Waals surface area contributed by atoms with Crippen LogP contribution in [0.3, 0.4) is 0 Å². The van der Waals surface area contributed by atoms with Crippen molar-refractivity contribution < 1.29 is 14.3 Å². The van der Waals surface area contributed by atoms with Crippen LogP contribution < -0.4 is 0 Å². The van der Waals surface area contributed by atoms with Crippen LogP contribution in [0.5, 0.6) is 0 Å². The third-order valence-electron chi connectivity index (χ3n) is 4.42. The number of halogens is 1. The van der Waals surface area contributed by atoms with E-state index in [1.165, 1.54) is 64.2 Å². The second-order valence-corrected chi connectivity index (χ2v) is 6.76. The molecule has 0 aromatic heterocycles. The number of carboxylic acid groups (broad SMARTS) is 1. The Kier molecular flexibility index (Phi) is 22.8. The van der Waals surface area contributed by atoms with Crippen molar-refractivity contribution in [1.82, 2.24) is 0 Å². The Morgan fingerprint density at radius 3 is 1.61 bits per heavy atom. The Bertz CT molecular complexity index is 250. The van der Waals surface area contributed by atoms with Gasteiger partial charge in [0.1, 0.15) is 0 Å². The van der Waals surface area contributed by atoms with E-state index in [0.29, 0.717) is 6.42 Å². The summed E-state index contributed by atoms with van der Waals surface area (Å²) in [6.45, 7) is 2.20. The molecule has 1 unspecified atom stereocenters. The zero-order valence-electron chi connectivity index (χ0n) is 15.6. The summed E-state index contributed by atoms with van der Waals surface area (Å²) >= 11 is 0. The standard InChI is InChI=1S/C19H37FO2.Na/c1-18(15-11-7-4-5-9-13-17-20)14-10-6-2-3-8-12-16-19(21)22;/h18H,2-17H2,1H3,(H,21,22);. The van der Waals surface area contributed by atoms with Crippen molar-refractivity contribution in [2.24, 2.45) is 5.92 Å². The molecule has 1 radical (unpaired) electrons. The molecule has 0 rings (SSSR count). The molecule has 133 valence electrons. The van der Waals surface area contributed by atoms with Gasteiger partial charge >= 0.3 is 5.97 Å². The molecular weight excluding hydrogens is 302 g/mol. The summed E-state index contributed by atoms with van der Waals surface area (Å²) < 4.78 is 11.9. The van der Waals surface area contributed by atoms with E-state index in [-0.39, 0.29) is 36.2 Å². The fraction of sp³-hybridized carbons (Fsp3) is 0.947. The van der Waals surface area contributed by atoms with Crippen LogP contribution >= 0.6 is 0 Å². The van der Waals surface area contributed by atoms with E-state index in [9.17, 15) is 9.18 Å². The molecule has 0 aromatic rings. The van der Waals surface area contributed by atoms with Crippen molar-refractivity contribution >= 4 is 35.5 Å². The molecule has 0 aliphatic rings. The number of carboxylic acids is 1. The van der Waals surface area contributed by atoms with E-state index in [1.807, 2.05) is 0 Å². The quantitative estimate of drug-likeness (QED) is 0.255. The molecule has 0 heterocycles. The van der Waals surface area contributed by atoms with Crippen LogP contribution in [0, 0.1) is 5.92 Å². The third kappa shape index (κ3) is 22.4. The molecule has 4 heteroatoms. The van der Waals surface area contributed by atoms with Crippen LogP contribution in [0.2, 0.25) is 0 Å².